The van der Waals surface area contributed by atoms with Crippen LogP contribution in [0.2, 0.25) is 0 Å². The molecular weight excluding hydrogens is 266 g/mol. The SMILES string of the molecule is Cc1ccc(-c2[nH]ncc2CNCC2(CO)CCCC2)o1. The number of hydrogen-bond acceptors (Lipinski definition) is 4. The van der Waals surface area contributed by atoms with E-state index in [1.54, 1.807) is 0 Å². The number of aromatic nitrogens is 2. The first-order chi connectivity index (χ1) is 10.2. The molecule has 0 saturated heterocycles. The van der Waals surface area contributed by atoms with Crippen LogP contribution in [0.1, 0.15) is 37.0 Å². The van der Waals surface area contributed by atoms with E-state index < -0.39 is 0 Å². The lowest BCUT2D eigenvalue weighted by molar-refractivity contribution is 0.128. The molecule has 21 heavy (non-hydrogen) atoms. The van der Waals surface area contributed by atoms with Crippen LogP contribution in [0.5, 0.6) is 0 Å². The molecule has 0 spiro atoms. The first-order valence-corrected chi connectivity index (χ1v) is 7.63. The first kappa shape index (κ1) is 14.4. The molecule has 114 valence electrons. The van der Waals surface area contributed by atoms with Crippen molar-refractivity contribution < 1.29 is 9.52 Å². The Balaban J connectivity index is 1.62. The van der Waals surface area contributed by atoms with Gasteiger partial charge < -0.3 is 14.8 Å². The van der Waals surface area contributed by atoms with Crippen molar-refractivity contribution in [2.75, 3.05) is 13.2 Å². The van der Waals surface area contributed by atoms with E-state index in [1.165, 1.54) is 12.8 Å². The molecule has 0 aromatic carbocycles. The van der Waals surface area contributed by atoms with Gasteiger partial charge in [0.1, 0.15) is 11.5 Å². The quantitative estimate of drug-likeness (QED) is 0.764. The van der Waals surface area contributed by atoms with E-state index in [9.17, 15) is 5.11 Å². The maximum Gasteiger partial charge on any atom is 0.152 e. The van der Waals surface area contributed by atoms with Gasteiger partial charge in [0.05, 0.1) is 6.20 Å². The molecule has 0 radical (unpaired) electrons. The van der Waals surface area contributed by atoms with Crippen LogP contribution < -0.4 is 5.32 Å². The summed E-state index contributed by atoms with van der Waals surface area (Å²) >= 11 is 0. The summed E-state index contributed by atoms with van der Waals surface area (Å²) < 4.78 is 5.65. The molecule has 0 amide bonds. The van der Waals surface area contributed by atoms with E-state index in [2.05, 4.69) is 15.5 Å². The largest absolute Gasteiger partial charge is 0.460 e. The molecule has 0 atom stereocenters. The highest BCUT2D eigenvalue weighted by atomic mass is 16.3. The van der Waals surface area contributed by atoms with Gasteiger partial charge in [0.15, 0.2) is 5.76 Å². The number of aliphatic hydroxyl groups is 1. The second-order valence-electron chi connectivity index (χ2n) is 6.15. The molecule has 1 aliphatic carbocycles. The average Bonchev–Trinajstić information content (AvgIpc) is 3.19. The number of aromatic amines is 1. The monoisotopic (exact) mass is 289 g/mol. The third-order valence-corrected chi connectivity index (χ3v) is 4.52. The Kier molecular flexibility index (Phi) is 4.12. The van der Waals surface area contributed by atoms with Crippen LogP contribution in [0.25, 0.3) is 11.5 Å². The van der Waals surface area contributed by atoms with Gasteiger partial charge in [-0.2, -0.15) is 5.10 Å². The van der Waals surface area contributed by atoms with Crippen molar-refractivity contribution in [3.63, 3.8) is 0 Å². The second kappa shape index (κ2) is 6.03. The van der Waals surface area contributed by atoms with Crippen molar-refractivity contribution in [2.24, 2.45) is 5.41 Å². The molecule has 1 fully saturated rings. The standard InChI is InChI=1S/C16H23N3O2/c1-12-4-5-14(21-12)15-13(9-18-19-15)8-17-10-16(11-20)6-2-3-7-16/h4-5,9,17,20H,2-3,6-8,10-11H2,1H3,(H,18,19). The molecule has 5 heteroatoms. The van der Waals surface area contributed by atoms with E-state index in [0.29, 0.717) is 0 Å². The summed E-state index contributed by atoms with van der Waals surface area (Å²) in [7, 11) is 0. The molecule has 3 rings (SSSR count). The molecule has 0 aliphatic heterocycles. The fourth-order valence-electron chi connectivity index (χ4n) is 3.21. The van der Waals surface area contributed by atoms with Gasteiger partial charge in [-0.3, -0.25) is 5.10 Å². The minimum absolute atomic E-state index is 0.0746. The zero-order valence-electron chi connectivity index (χ0n) is 12.5. The minimum Gasteiger partial charge on any atom is -0.460 e. The number of aryl methyl sites for hydroxylation is 1. The molecule has 2 heterocycles. The number of nitrogens with zero attached hydrogens (tertiary/aromatic N) is 1. The van der Waals surface area contributed by atoms with Crippen LogP contribution in [0.4, 0.5) is 0 Å². The predicted octanol–water partition coefficient (Wildman–Crippen LogP) is 2.62. The smallest absolute Gasteiger partial charge is 0.152 e. The van der Waals surface area contributed by atoms with Crippen LogP contribution in [-0.2, 0) is 6.54 Å². The summed E-state index contributed by atoms with van der Waals surface area (Å²) in [5.74, 6) is 1.71. The van der Waals surface area contributed by atoms with Crippen LogP contribution in [0.3, 0.4) is 0 Å². The van der Waals surface area contributed by atoms with E-state index in [-0.39, 0.29) is 12.0 Å². The predicted molar refractivity (Wildman–Crippen MR) is 80.7 cm³/mol. The van der Waals surface area contributed by atoms with Crippen molar-refractivity contribution in [1.82, 2.24) is 15.5 Å². The van der Waals surface area contributed by atoms with Gasteiger partial charge in [0.25, 0.3) is 0 Å². The fourth-order valence-corrected chi connectivity index (χ4v) is 3.21. The maximum atomic E-state index is 9.64. The molecular formula is C16H23N3O2. The van der Waals surface area contributed by atoms with Crippen LogP contribution >= 0.6 is 0 Å². The lowest BCUT2D eigenvalue weighted by Gasteiger charge is -2.26. The van der Waals surface area contributed by atoms with Gasteiger partial charge in [0.2, 0.25) is 0 Å². The van der Waals surface area contributed by atoms with Gasteiger partial charge in [-0.15, -0.1) is 0 Å². The summed E-state index contributed by atoms with van der Waals surface area (Å²) in [5.41, 5.74) is 2.10. The van der Waals surface area contributed by atoms with Gasteiger partial charge in [-0.25, -0.2) is 0 Å². The van der Waals surface area contributed by atoms with Gasteiger partial charge in [-0.05, 0) is 31.9 Å². The normalized spacial score (nSPS) is 17.4. The van der Waals surface area contributed by atoms with E-state index >= 15 is 0 Å². The topological polar surface area (TPSA) is 74.1 Å². The molecule has 0 bridgehead atoms. The van der Waals surface area contributed by atoms with Crippen LogP contribution in [0.15, 0.2) is 22.7 Å². The van der Waals surface area contributed by atoms with Crippen molar-refractivity contribution >= 4 is 0 Å². The Hall–Kier alpha value is -1.59. The van der Waals surface area contributed by atoms with Crippen molar-refractivity contribution in [1.29, 1.82) is 0 Å². The molecule has 1 aliphatic rings. The third-order valence-electron chi connectivity index (χ3n) is 4.52. The minimum atomic E-state index is 0.0746. The van der Waals surface area contributed by atoms with Crippen molar-refractivity contribution in [3.8, 4) is 11.5 Å². The highest BCUT2D eigenvalue weighted by Crippen LogP contribution is 2.37. The highest BCUT2D eigenvalue weighted by Gasteiger charge is 2.32. The molecule has 0 unspecified atom stereocenters. The fraction of sp³-hybridized carbons (Fsp3) is 0.562. The second-order valence-corrected chi connectivity index (χ2v) is 6.15. The van der Waals surface area contributed by atoms with E-state index in [0.717, 1.165) is 48.7 Å². The Morgan fingerprint density at radius 1 is 1.38 bits per heavy atom. The number of furan rings is 1. The van der Waals surface area contributed by atoms with E-state index in [1.807, 2.05) is 25.3 Å². The summed E-state index contributed by atoms with van der Waals surface area (Å²) in [5, 5.41) is 20.2. The molecule has 5 nitrogen and oxygen atoms in total. The number of aliphatic hydroxyl groups excluding tert-OH is 1. The Morgan fingerprint density at radius 3 is 2.86 bits per heavy atom. The molecule has 2 aromatic rings. The Morgan fingerprint density at radius 2 is 2.19 bits per heavy atom. The summed E-state index contributed by atoms with van der Waals surface area (Å²) in [6.07, 6.45) is 6.52. The Labute approximate surface area is 124 Å². The lowest BCUT2D eigenvalue weighted by atomic mass is 9.87. The zero-order chi connectivity index (χ0) is 14.7. The Bertz CT molecular complexity index is 582. The molecule has 2 aromatic heterocycles. The first-order valence-electron chi connectivity index (χ1n) is 7.63. The van der Waals surface area contributed by atoms with Gasteiger partial charge in [-0.1, -0.05) is 12.8 Å². The number of hydrogen-bond donors (Lipinski definition) is 3. The van der Waals surface area contributed by atoms with Crippen molar-refractivity contribution in [3.05, 3.63) is 29.7 Å². The zero-order valence-corrected chi connectivity index (χ0v) is 12.5. The summed E-state index contributed by atoms with van der Waals surface area (Å²) in [6, 6.07) is 3.91. The van der Waals surface area contributed by atoms with E-state index in [4.69, 9.17) is 4.42 Å². The van der Waals surface area contributed by atoms with Gasteiger partial charge >= 0.3 is 0 Å². The number of nitrogens with one attached hydrogen (secondary N) is 2. The van der Waals surface area contributed by atoms with Crippen molar-refractivity contribution in [2.45, 2.75) is 39.2 Å². The number of H-pyrrole nitrogens is 1. The highest BCUT2D eigenvalue weighted by molar-refractivity contribution is 5.56. The molecule has 3 N–H and O–H groups in total. The summed E-state index contributed by atoms with van der Waals surface area (Å²) in [4.78, 5) is 0. The van der Waals surface area contributed by atoms with Crippen LogP contribution in [-0.4, -0.2) is 28.5 Å². The van der Waals surface area contributed by atoms with Crippen LogP contribution in [0, 0.1) is 12.3 Å². The molecule has 1 saturated carbocycles. The maximum absolute atomic E-state index is 9.64. The lowest BCUT2D eigenvalue weighted by Crippen LogP contribution is -2.34. The average molecular weight is 289 g/mol. The summed E-state index contributed by atoms with van der Waals surface area (Å²) in [6.45, 7) is 3.79. The van der Waals surface area contributed by atoms with Gasteiger partial charge in [0, 0.05) is 30.7 Å². The number of rotatable bonds is 6. The third kappa shape index (κ3) is 3.04.